The van der Waals surface area contributed by atoms with E-state index in [1.165, 1.54) is 36.1 Å². The summed E-state index contributed by atoms with van der Waals surface area (Å²) in [6, 6.07) is 4.49. The number of hydrogen-bond acceptors (Lipinski definition) is 3. The quantitative estimate of drug-likeness (QED) is 0.655. The lowest BCUT2D eigenvalue weighted by molar-refractivity contribution is -0.187. The van der Waals surface area contributed by atoms with Crippen molar-refractivity contribution < 1.29 is 27.2 Å². The third kappa shape index (κ3) is 3.40. The standard InChI is InChI=1S/C17H19F4N3O2/c1-16(11-4-6-13(18)7-5-11)14(25)24(15(26)22-16)10-23-8-2-3-12(9-23)17(19,20)21/h4-7,12H,2-3,8-10H2,1H3,(H,22,26)/t12-,16-/m1/s1. The molecule has 1 N–H and O–H groups in total. The van der Waals surface area contributed by atoms with E-state index in [-0.39, 0.29) is 19.6 Å². The number of urea groups is 1. The Morgan fingerprint density at radius 1 is 1.23 bits per heavy atom. The minimum Gasteiger partial charge on any atom is -0.319 e. The van der Waals surface area contributed by atoms with Crippen LogP contribution >= 0.6 is 0 Å². The van der Waals surface area contributed by atoms with Gasteiger partial charge in [-0.2, -0.15) is 13.2 Å². The van der Waals surface area contributed by atoms with Crippen molar-refractivity contribution in [2.45, 2.75) is 31.5 Å². The smallest absolute Gasteiger partial charge is 0.319 e. The van der Waals surface area contributed by atoms with Crippen molar-refractivity contribution in [3.8, 4) is 0 Å². The van der Waals surface area contributed by atoms with Crippen molar-refractivity contribution in [3.63, 3.8) is 0 Å². The van der Waals surface area contributed by atoms with Crippen LogP contribution in [-0.4, -0.2) is 47.7 Å². The molecule has 3 amide bonds. The molecule has 2 aliphatic heterocycles. The Kier molecular flexibility index (Phi) is 4.68. The van der Waals surface area contributed by atoms with Crippen LogP contribution in [0.2, 0.25) is 0 Å². The van der Waals surface area contributed by atoms with Crippen molar-refractivity contribution in [3.05, 3.63) is 35.6 Å². The summed E-state index contributed by atoms with van der Waals surface area (Å²) in [7, 11) is 0. The van der Waals surface area contributed by atoms with Gasteiger partial charge in [-0.1, -0.05) is 12.1 Å². The minimum atomic E-state index is -4.29. The van der Waals surface area contributed by atoms with E-state index in [2.05, 4.69) is 5.32 Å². The summed E-state index contributed by atoms with van der Waals surface area (Å²) in [6.45, 7) is 1.44. The maximum Gasteiger partial charge on any atom is 0.393 e. The fraction of sp³-hybridized carbons (Fsp3) is 0.529. The molecule has 0 saturated carbocycles. The molecule has 2 aliphatic rings. The third-order valence-corrected chi connectivity index (χ3v) is 5.01. The number of nitrogens with one attached hydrogen (secondary N) is 1. The molecule has 5 nitrogen and oxygen atoms in total. The van der Waals surface area contributed by atoms with Crippen LogP contribution in [0, 0.1) is 11.7 Å². The maximum atomic E-state index is 13.1. The van der Waals surface area contributed by atoms with Crippen LogP contribution in [0.3, 0.4) is 0 Å². The van der Waals surface area contributed by atoms with E-state index in [9.17, 15) is 27.2 Å². The lowest BCUT2D eigenvalue weighted by atomic mass is 9.92. The van der Waals surface area contributed by atoms with Gasteiger partial charge < -0.3 is 5.32 Å². The zero-order valence-corrected chi connectivity index (χ0v) is 14.1. The molecule has 2 atom stereocenters. The summed E-state index contributed by atoms with van der Waals surface area (Å²) in [5.41, 5.74) is -0.962. The zero-order valence-electron chi connectivity index (χ0n) is 14.1. The number of piperidine rings is 1. The molecule has 2 fully saturated rings. The van der Waals surface area contributed by atoms with Crippen LogP contribution < -0.4 is 5.32 Å². The molecular formula is C17H19F4N3O2. The molecule has 3 rings (SSSR count). The largest absolute Gasteiger partial charge is 0.393 e. The van der Waals surface area contributed by atoms with E-state index in [0.29, 0.717) is 18.5 Å². The first kappa shape index (κ1) is 18.6. The Bertz CT molecular complexity index is 707. The highest BCUT2D eigenvalue weighted by atomic mass is 19.4. The fourth-order valence-electron chi connectivity index (χ4n) is 3.46. The third-order valence-electron chi connectivity index (χ3n) is 5.01. The van der Waals surface area contributed by atoms with E-state index in [0.717, 1.165) is 4.90 Å². The number of nitrogens with zero attached hydrogens (tertiary/aromatic N) is 2. The van der Waals surface area contributed by atoms with Crippen molar-refractivity contribution in [1.82, 2.24) is 15.1 Å². The Morgan fingerprint density at radius 3 is 2.50 bits per heavy atom. The number of carbonyl (C=O) groups is 2. The lowest BCUT2D eigenvalue weighted by Crippen LogP contribution is -2.48. The Morgan fingerprint density at radius 2 is 1.88 bits per heavy atom. The van der Waals surface area contributed by atoms with Gasteiger partial charge in [-0.05, 0) is 44.0 Å². The van der Waals surface area contributed by atoms with E-state index in [4.69, 9.17) is 0 Å². The summed E-state index contributed by atoms with van der Waals surface area (Å²) < 4.78 is 51.9. The van der Waals surface area contributed by atoms with Crippen molar-refractivity contribution >= 4 is 11.9 Å². The average molecular weight is 373 g/mol. The van der Waals surface area contributed by atoms with Gasteiger partial charge in [0.1, 0.15) is 11.4 Å². The Balaban J connectivity index is 1.74. The van der Waals surface area contributed by atoms with Gasteiger partial charge in [-0.25, -0.2) is 14.1 Å². The zero-order chi connectivity index (χ0) is 19.1. The number of likely N-dealkylation sites (tertiary alicyclic amines) is 1. The highest BCUT2D eigenvalue weighted by Crippen LogP contribution is 2.34. The molecule has 2 heterocycles. The number of rotatable bonds is 3. The van der Waals surface area contributed by atoms with Gasteiger partial charge in [0.15, 0.2) is 0 Å². The van der Waals surface area contributed by atoms with Crippen LogP contribution in [0.15, 0.2) is 24.3 Å². The predicted molar refractivity (Wildman–Crippen MR) is 84.3 cm³/mol. The molecule has 142 valence electrons. The van der Waals surface area contributed by atoms with Crippen LogP contribution in [0.1, 0.15) is 25.3 Å². The van der Waals surface area contributed by atoms with Crippen LogP contribution in [-0.2, 0) is 10.3 Å². The molecule has 26 heavy (non-hydrogen) atoms. The number of halogens is 4. The first-order valence-electron chi connectivity index (χ1n) is 8.30. The highest BCUT2D eigenvalue weighted by Gasteiger charge is 2.50. The number of benzene rings is 1. The van der Waals surface area contributed by atoms with Crippen molar-refractivity contribution in [2.75, 3.05) is 19.8 Å². The second-order valence-electron chi connectivity index (χ2n) is 6.89. The highest BCUT2D eigenvalue weighted by molar-refractivity contribution is 6.07. The van der Waals surface area contributed by atoms with Gasteiger partial charge in [-0.3, -0.25) is 9.69 Å². The maximum absolute atomic E-state index is 13.1. The molecule has 1 aromatic carbocycles. The summed E-state index contributed by atoms with van der Waals surface area (Å²) in [4.78, 5) is 27.4. The SMILES string of the molecule is C[C@]1(c2ccc(F)cc2)NC(=O)N(CN2CCC[C@@H](C(F)(F)F)C2)C1=O. The van der Waals surface area contributed by atoms with E-state index in [1.54, 1.807) is 0 Å². The Hall–Kier alpha value is -2.16. The average Bonchev–Trinajstić information content (AvgIpc) is 2.79. The topological polar surface area (TPSA) is 52.7 Å². The first-order chi connectivity index (χ1) is 12.1. The van der Waals surface area contributed by atoms with E-state index < -0.39 is 35.4 Å². The summed E-state index contributed by atoms with van der Waals surface area (Å²) in [6.07, 6.45) is -3.89. The number of alkyl halides is 3. The number of carbonyl (C=O) groups excluding carboxylic acids is 2. The Labute approximate surface area is 147 Å². The second kappa shape index (κ2) is 6.53. The van der Waals surface area contributed by atoms with Crippen LogP contribution in [0.25, 0.3) is 0 Å². The number of amides is 3. The van der Waals surface area contributed by atoms with Gasteiger partial charge in [0.25, 0.3) is 5.91 Å². The number of hydrogen-bond donors (Lipinski definition) is 1. The van der Waals surface area contributed by atoms with Crippen LogP contribution in [0.5, 0.6) is 0 Å². The van der Waals surface area contributed by atoms with Gasteiger partial charge in [0.05, 0.1) is 12.6 Å². The molecule has 0 bridgehead atoms. The molecule has 0 radical (unpaired) electrons. The van der Waals surface area contributed by atoms with Crippen LogP contribution in [0.4, 0.5) is 22.4 Å². The minimum absolute atomic E-state index is 0.0490. The number of imide groups is 1. The molecule has 0 unspecified atom stereocenters. The molecule has 0 aliphatic carbocycles. The van der Waals surface area contributed by atoms with Gasteiger partial charge in [0, 0.05) is 6.54 Å². The molecular weight excluding hydrogens is 354 g/mol. The molecule has 1 aromatic rings. The first-order valence-corrected chi connectivity index (χ1v) is 8.30. The van der Waals surface area contributed by atoms with E-state index >= 15 is 0 Å². The molecule has 0 aromatic heterocycles. The monoisotopic (exact) mass is 373 g/mol. The predicted octanol–water partition coefficient (Wildman–Crippen LogP) is 2.82. The summed E-state index contributed by atoms with van der Waals surface area (Å²) >= 11 is 0. The summed E-state index contributed by atoms with van der Waals surface area (Å²) in [5, 5.41) is 2.56. The van der Waals surface area contributed by atoms with Gasteiger partial charge in [0.2, 0.25) is 0 Å². The van der Waals surface area contributed by atoms with Gasteiger partial charge >= 0.3 is 12.2 Å². The van der Waals surface area contributed by atoms with E-state index in [1.807, 2.05) is 0 Å². The normalized spacial score (nSPS) is 27.7. The van der Waals surface area contributed by atoms with Crippen molar-refractivity contribution in [1.29, 1.82) is 0 Å². The molecule has 2 saturated heterocycles. The second-order valence-corrected chi connectivity index (χ2v) is 6.89. The summed E-state index contributed by atoms with van der Waals surface area (Å²) in [5.74, 6) is -2.50. The molecule has 9 heteroatoms. The molecule has 0 spiro atoms. The van der Waals surface area contributed by atoms with Gasteiger partial charge in [-0.15, -0.1) is 0 Å². The fourth-order valence-corrected chi connectivity index (χ4v) is 3.46. The lowest BCUT2D eigenvalue weighted by Gasteiger charge is -2.35. The van der Waals surface area contributed by atoms with Crippen molar-refractivity contribution in [2.24, 2.45) is 5.92 Å².